The molecule has 1 atom stereocenters. The fourth-order valence-corrected chi connectivity index (χ4v) is 2.63. The van der Waals surface area contributed by atoms with Crippen LogP contribution in [0.4, 0.5) is 0 Å². The van der Waals surface area contributed by atoms with Crippen molar-refractivity contribution in [2.45, 2.75) is 25.9 Å². The van der Waals surface area contributed by atoms with E-state index in [2.05, 4.69) is 58.5 Å². The highest BCUT2D eigenvalue weighted by molar-refractivity contribution is 9.10. The minimum Gasteiger partial charge on any atom is -0.497 e. The van der Waals surface area contributed by atoms with Crippen LogP contribution in [-0.4, -0.2) is 7.11 Å². The zero-order chi connectivity index (χ0) is 14.4. The van der Waals surface area contributed by atoms with Gasteiger partial charge in [-0.15, -0.1) is 0 Å². The van der Waals surface area contributed by atoms with Crippen LogP contribution in [0.25, 0.3) is 0 Å². The summed E-state index contributed by atoms with van der Waals surface area (Å²) < 4.78 is 6.35. The average molecular weight is 334 g/mol. The van der Waals surface area contributed by atoms with E-state index in [0.717, 1.165) is 23.2 Å². The summed E-state index contributed by atoms with van der Waals surface area (Å²) in [7, 11) is 1.69. The van der Waals surface area contributed by atoms with Crippen molar-refractivity contribution in [2.24, 2.45) is 0 Å². The van der Waals surface area contributed by atoms with Gasteiger partial charge in [0.1, 0.15) is 5.75 Å². The van der Waals surface area contributed by atoms with Crippen LogP contribution < -0.4 is 10.1 Å². The van der Waals surface area contributed by atoms with E-state index in [4.69, 9.17) is 4.74 Å². The van der Waals surface area contributed by atoms with Crippen LogP contribution in [0.3, 0.4) is 0 Å². The van der Waals surface area contributed by atoms with Gasteiger partial charge in [-0.3, -0.25) is 0 Å². The largest absolute Gasteiger partial charge is 0.497 e. The van der Waals surface area contributed by atoms with E-state index in [1.807, 2.05) is 18.2 Å². The highest BCUT2D eigenvalue weighted by Crippen LogP contribution is 2.22. The molecule has 106 valence electrons. The Hall–Kier alpha value is -1.32. The number of methoxy groups -OCH3 is 1. The summed E-state index contributed by atoms with van der Waals surface area (Å²) in [6, 6.07) is 16.9. The van der Waals surface area contributed by atoms with E-state index in [9.17, 15) is 0 Å². The van der Waals surface area contributed by atoms with Gasteiger partial charge in [0, 0.05) is 17.1 Å². The summed E-state index contributed by atoms with van der Waals surface area (Å²) in [5.41, 5.74) is 2.57. The van der Waals surface area contributed by atoms with Crippen molar-refractivity contribution in [3.63, 3.8) is 0 Å². The number of nitrogens with one attached hydrogen (secondary N) is 1. The Morgan fingerprint density at radius 2 is 1.80 bits per heavy atom. The Kier molecular flexibility index (Phi) is 5.62. The quantitative estimate of drug-likeness (QED) is 0.827. The molecule has 0 spiro atoms. The second-order valence-corrected chi connectivity index (χ2v) is 5.56. The molecule has 2 aromatic carbocycles. The first-order valence-electron chi connectivity index (χ1n) is 6.85. The van der Waals surface area contributed by atoms with Crippen molar-refractivity contribution < 1.29 is 4.74 Å². The molecule has 0 amide bonds. The average Bonchev–Trinajstić information content (AvgIpc) is 2.50. The van der Waals surface area contributed by atoms with Crippen molar-refractivity contribution in [3.05, 3.63) is 64.1 Å². The third kappa shape index (κ3) is 3.84. The summed E-state index contributed by atoms with van der Waals surface area (Å²) in [5, 5.41) is 3.61. The number of halogens is 1. The number of benzene rings is 2. The SMILES string of the molecule is CCC(NCc1ccccc1Br)c1ccc(OC)cc1. The van der Waals surface area contributed by atoms with E-state index in [0.29, 0.717) is 6.04 Å². The van der Waals surface area contributed by atoms with Gasteiger partial charge in [-0.2, -0.15) is 0 Å². The minimum atomic E-state index is 0.355. The lowest BCUT2D eigenvalue weighted by molar-refractivity contribution is 0.414. The van der Waals surface area contributed by atoms with Gasteiger partial charge in [0.2, 0.25) is 0 Å². The monoisotopic (exact) mass is 333 g/mol. The molecular weight excluding hydrogens is 314 g/mol. The summed E-state index contributed by atoms with van der Waals surface area (Å²) in [5.74, 6) is 0.898. The first-order chi connectivity index (χ1) is 9.74. The Morgan fingerprint density at radius 1 is 1.10 bits per heavy atom. The normalized spacial score (nSPS) is 12.2. The number of ether oxygens (including phenoxy) is 1. The Labute approximate surface area is 129 Å². The van der Waals surface area contributed by atoms with Gasteiger partial charge in [0.15, 0.2) is 0 Å². The molecule has 0 bridgehead atoms. The summed E-state index contributed by atoms with van der Waals surface area (Å²) >= 11 is 3.59. The van der Waals surface area contributed by atoms with Crippen LogP contribution in [0.1, 0.15) is 30.5 Å². The second kappa shape index (κ2) is 7.46. The van der Waals surface area contributed by atoms with Crippen molar-refractivity contribution in [3.8, 4) is 5.75 Å². The molecule has 0 aromatic heterocycles. The molecule has 0 heterocycles. The van der Waals surface area contributed by atoms with Crippen LogP contribution in [0.2, 0.25) is 0 Å². The molecule has 20 heavy (non-hydrogen) atoms. The standard InChI is InChI=1S/C17H20BrNO/c1-3-17(13-8-10-15(20-2)11-9-13)19-12-14-6-4-5-7-16(14)18/h4-11,17,19H,3,12H2,1-2H3. The van der Waals surface area contributed by atoms with Crippen molar-refractivity contribution in [1.29, 1.82) is 0 Å². The zero-order valence-electron chi connectivity index (χ0n) is 11.9. The number of hydrogen-bond acceptors (Lipinski definition) is 2. The second-order valence-electron chi connectivity index (χ2n) is 4.71. The highest BCUT2D eigenvalue weighted by Gasteiger charge is 2.09. The smallest absolute Gasteiger partial charge is 0.118 e. The lowest BCUT2D eigenvalue weighted by Crippen LogP contribution is -2.20. The first kappa shape index (κ1) is 15.1. The molecule has 2 nitrogen and oxygen atoms in total. The van der Waals surface area contributed by atoms with E-state index in [-0.39, 0.29) is 0 Å². The molecule has 0 aliphatic rings. The van der Waals surface area contributed by atoms with Crippen molar-refractivity contribution in [1.82, 2.24) is 5.32 Å². The fourth-order valence-electron chi connectivity index (χ4n) is 2.21. The Morgan fingerprint density at radius 3 is 2.40 bits per heavy atom. The van der Waals surface area contributed by atoms with Crippen LogP contribution >= 0.6 is 15.9 Å². The molecule has 2 rings (SSSR count). The summed E-state index contributed by atoms with van der Waals surface area (Å²) in [6.45, 7) is 3.05. The first-order valence-corrected chi connectivity index (χ1v) is 7.64. The maximum atomic E-state index is 5.20. The van der Waals surface area contributed by atoms with Gasteiger partial charge >= 0.3 is 0 Å². The van der Waals surface area contributed by atoms with Gasteiger partial charge in [0.05, 0.1) is 7.11 Å². The van der Waals surface area contributed by atoms with E-state index in [1.54, 1.807) is 7.11 Å². The highest BCUT2D eigenvalue weighted by atomic mass is 79.9. The summed E-state index contributed by atoms with van der Waals surface area (Å²) in [4.78, 5) is 0. The van der Waals surface area contributed by atoms with Crippen LogP contribution in [0.5, 0.6) is 5.75 Å². The Balaban J connectivity index is 2.03. The molecule has 1 N–H and O–H groups in total. The van der Waals surface area contributed by atoms with Gasteiger partial charge in [-0.1, -0.05) is 53.2 Å². The fraction of sp³-hybridized carbons (Fsp3) is 0.294. The molecule has 0 aliphatic carbocycles. The van der Waals surface area contributed by atoms with Crippen LogP contribution in [0, 0.1) is 0 Å². The zero-order valence-corrected chi connectivity index (χ0v) is 13.5. The van der Waals surface area contributed by atoms with Gasteiger partial charge < -0.3 is 10.1 Å². The predicted molar refractivity (Wildman–Crippen MR) is 87.0 cm³/mol. The molecular formula is C17H20BrNO. The molecule has 2 aromatic rings. The molecule has 0 saturated heterocycles. The maximum Gasteiger partial charge on any atom is 0.118 e. The van der Waals surface area contributed by atoms with E-state index >= 15 is 0 Å². The molecule has 0 saturated carbocycles. The lowest BCUT2D eigenvalue weighted by Gasteiger charge is -2.18. The molecule has 3 heteroatoms. The molecule has 0 radical (unpaired) electrons. The maximum absolute atomic E-state index is 5.20. The van der Waals surface area contributed by atoms with Gasteiger partial charge in [-0.05, 0) is 35.7 Å². The van der Waals surface area contributed by atoms with Gasteiger partial charge in [-0.25, -0.2) is 0 Å². The third-order valence-corrected chi connectivity index (χ3v) is 4.20. The molecule has 0 aliphatic heterocycles. The lowest BCUT2D eigenvalue weighted by atomic mass is 10.0. The number of rotatable bonds is 6. The minimum absolute atomic E-state index is 0.355. The van der Waals surface area contributed by atoms with Crippen molar-refractivity contribution in [2.75, 3.05) is 7.11 Å². The van der Waals surface area contributed by atoms with Crippen LogP contribution in [0.15, 0.2) is 53.0 Å². The topological polar surface area (TPSA) is 21.3 Å². The third-order valence-electron chi connectivity index (χ3n) is 3.42. The number of hydrogen-bond donors (Lipinski definition) is 1. The van der Waals surface area contributed by atoms with E-state index < -0.39 is 0 Å². The van der Waals surface area contributed by atoms with E-state index in [1.165, 1.54) is 11.1 Å². The Bertz CT molecular complexity index is 539. The molecule has 0 fully saturated rings. The predicted octanol–water partition coefficient (Wildman–Crippen LogP) is 4.70. The van der Waals surface area contributed by atoms with Crippen molar-refractivity contribution >= 4 is 15.9 Å². The van der Waals surface area contributed by atoms with Gasteiger partial charge in [0.25, 0.3) is 0 Å². The summed E-state index contributed by atoms with van der Waals surface area (Å²) in [6.07, 6.45) is 1.05. The molecule has 1 unspecified atom stereocenters. The van der Waals surface area contributed by atoms with Crippen LogP contribution in [-0.2, 0) is 6.54 Å².